The van der Waals surface area contributed by atoms with Gasteiger partial charge in [-0.2, -0.15) is 4.31 Å². The topological polar surface area (TPSA) is 108 Å². The van der Waals surface area contributed by atoms with Crippen LogP contribution in [-0.2, 0) is 10.0 Å². The van der Waals surface area contributed by atoms with Crippen molar-refractivity contribution in [2.45, 2.75) is 38.5 Å². The van der Waals surface area contributed by atoms with Gasteiger partial charge in [-0.25, -0.2) is 13.2 Å². The van der Waals surface area contributed by atoms with Crippen LogP contribution in [0.4, 0.5) is 0 Å². The smallest absolute Gasteiger partial charge is 0.340 e. The maximum Gasteiger partial charge on any atom is 0.340 e. The molecular weight excluding hydrogens is 298 g/mol. The number of aromatic carboxylic acids is 1. The molecule has 0 bridgehead atoms. The second-order valence-electron chi connectivity index (χ2n) is 4.70. The van der Waals surface area contributed by atoms with Gasteiger partial charge in [0.05, 0.1) is 6.61 Å². The minimum absolute atomic E-state index is 0.0457. The van der Waals surface area contributed by atoms with Gasteiger partial charge in [-0.1, -0.05) is 13.3 Å². The summed E-state index contributed by atoms with van der Waals surface area (Å²) in [5.74, 6) is -1.25. The summed E-state index contributed by atoms with van der Waals surface area (Å²) < 4.78 is 31.6. The van der Waals surface area contributed by atoms with Crippen molar-refractivity contribution in [3.63, 3.8) is 0 Å². The maximum atomic E-state index is 12.7. The van der Waals surface area contributed by atoms with E-state index < -0.39 is 16.0 Å². The van der Waals surface area contributed by atoms with Crippen LogP contribution in [0.25, 0.3) is 0 Å². The van der Waals surface area contributed by atoms with Gasteiger partial charge in [0, 0.05) is 13.1 Å². The Labute approximate surface area is 124 Å². The van der Waals surface area contributed by atoms with Crippen LogP contribution in [0.3, 0.4) is 0 Å². The van der Waals surface area contributed by atoms with Crippen LogP contribution in [0, 0.1) is 13.8 Å². The van der Waals surface area contributed by atoms with Crippen molar-refractivity contribution in [1.29, 1.82) is 0 Å². The van der Waals surface area contributed by atoms with Crippen LogP contribution >= 0.6 is 0 Å². The van der Waals surface area contributed by atoms with Gasteiger partial charge in [-0.3, -0.25) is 0 Å². The number of carbonyl (C=O) groups is 1. The molecule has 21 heavy (non-hydrogen) atoms. The highest BCUT2D eigenvalue weighted by Gasteiger charge is 2.34. The number of hydrogen-bond acceptors (Lipinski definition) is 5. The third-order valence-electron chi connectivity index (χ3n) is 3.13. The monoisotopic (exact) mass is 319 g/mol. The molecule has 0 saturated heterocycles. The van der Waals surface area contributed by atoms with Crippen LogP contribution in [0.1, 0.15) is 41.6 Å². The lowest BCUT2D eigenvalue weighted by Gasteiger charge is -2.21. The van der Waals surface area contributed by atoms with Gasteiger partial charge in [-0.05, 0) is 20.3 Å². The number of aliphatic hydroxyl groups excluding tert-OH is 1. The summed E-state index contributed by atoms with van der Waals surface area (Å²) in [6, 6.07) is 0. The summed E-state index contributed by atoms with van der Waals surface area (Å²) in [6.07, 6.45) is 1.41. The molecule has 0 amide bonds. The van der Waals surface area contributed by atoms with E-state index in [1.165, 1.54) is 13.8 Å². The molecule has 8 heteroatoms. The molecule has 0 aliphatic heterocycles. The Bertz CT molecular complexity index is 604. The highest BCUT2D eigenvalue weighted by molar-refractivity contribution is 7.89. The van der Waals surface area contributed by atoms with Crippen molar-refractivity contribution >= 4 is 16.0 Å². The molecule has 0 radical (unpaired) electrons. The maximum absolute atomic E-state index is 12.7. The molecule has 0 spiro atoms. The Morgan fingerprint density at radius 1 is 1.24 bits per heavy atom. The summed E-state index contributed by atoms with van der Waals surface area (Å²) in [6.45, 7) is 4.56. The molecule has 0 aromatic carbocycles. The zero-order valence-corrected chi connectivity index (χ0v) is 13.2. The Balaban J connectivity index is 3.37. The van der Waals surface area contributed by atoms with Gasteiger partial charge in [0.15, 0.2) is 0 Å². The number of carboxylic acids is 1. The molecule has 0 atom stereocenters. The largest absolute Gasteiger partial charge is 0.478 e. The molecule has 2 N–H and O–H groups in total. The molecule has 120 valence electrons. The second kappa shape index (κ2) is 7.06. The number of rotatable bonds is 8. The number of aryl methyl sites for hydroxylation is 2. The molecule has 1 aromatic heterocycles. The number of aliphatic hydroxyl groups is 1. The first-order valence-corrected chi connectivity index (χ1v) is 8.15. The summed E-state index contributed by atoms with van der Waals surface area (Å²) in [7, 11) is -4.02. The first-order valence-electron chi connectivity index (χ1n) is 6.71. The van der Waals surface area contributed by atoms with E-state index in [0.29, 0.717) is 6.42 Å². The SMILES string of the molecule is CCCCN(CCO)S(=O)(=O)c1c(C)oc(C)c1C(=O)O. The number of unbranched alkanes of at least 4 members (excludes halogenated alkanes) is 1. The van der Waals surface area contributed by atoms with Crippen LogP contribution < -0.4 is 0 Å². The van der Waals surface area contributed by atoms with Gasteiger partial charge in [0.25, 0.3) is 0 Å². The second-order valence-corrected chi connectivity index (χ2v) is 6.58. The zero-order valence-electron chi connectivity index (χ0n) is 12.4. The summed E-state index contributed by atoms with van der Waals surface area (Å²) in [5, 5.41) is 18.3. The summed E-state index contributed by atoms with van der Waals surface area (Å²) >= 11 is 0. The fourth-order valence-electron chi connectivity index (χ4n) is 2.15. The lowest BCUT2D eigenvalue weighted by atomic mass is 10.2. The van der Waals surface area contributed by atoms with Gasteiger partial charge < -0.3 is 14.6 Å². The number of hydrogen-bond donors (Lipinski definition) is 2. The van der Waals surface area contributed by atoms with Gasteiger partial charge >= 0.3 is 5.97 Å². The zero-order chi connectivity index (χ0) is 16.2. The van der Waals surface area contributed by atoms with E-state index in [-0.39, 0.29) is 41.7 Å². The quantitative estimate of drug-likeness (QED) is 0.749. The molecular formula is C13H21NO6S. The fraction of sp³-hybridized carbons (Fsp3) is 0.615. The van der Waals surface area contributed by atoms with Crippen molar-refractivity contribution in [2.24, 2.45) is 0 Å². The van der Waals surface area contributed by atoms with Crippen molar-refractivity contribution in [1.82, 2.24) is 4.31 Å². The Morgan fingerprint density at radius 2 is 1.86 bits per heavy atom. The third-order valence-corrected chi connectivity index (χ3v) is 5.18. The lowest BCUT2D eigenvalue weighted by molar-refractivity contribution is 0.0691. The van der Waals surface area contributed by atoms with Crippen LogP contribution in [0.5, 0.6) is 0 Å². The molecule has 0 saturated carbocycles. The van der Waals surface area contributed by atoms with E-state index in [2.05, 4.69) is 0 Å². The molecule has 1 heterocycles. The first-order chi connectivity index (χ1) is 9.77. The predicted molar refractivity (Wildman–Crippen MR) is 75.9 cm³/mol. The van der Waals surface area contributed by atoms with Gasteiger partial charge in [-0.15, -0.1) is 0 Å². The van der Waals surface area contributed by atoms with E-state index in [9.17, 15) is 18.3 Å². The fourth-order valence-corrected chi connectivity index (χ4v) is 3.99. The molecule has 0 aliphatic rings. The van der Waals surface area contributed by atoms with Gasteiger partial charge in [0.2, 0.25) is 10.0 Å². The average Bonchev–Trinajstić information content (AvgIpc) is 2.69. The molecule has 7 nitrogen and oxygen atoms in total. The van der Waals surface area contributed by atoms with Crippen LogP contribution in [0.2, 0.25) is 0 Å². The lowest BCUT2D eigenvalue weighted by Crippen LogP contribution is -2.35. The van der Waals surface area contributed by atoms with E-state index in [0.717, 1.165) is 10.7 Å². The number of furan rings is 1. The highest BCUT2D eigenvalue weighted by Crippen LogP contribution is 2.29. The van der Waals surface area contributed by atoms with Gasteiger partial charge in [0.1, 0.15) is 22.0 Å². The Kier molecular flexibility index (Phi) is 5.94. The minimum atomic E-state index is -4.02. The average molecular weight is 319 g/mol. The molecule has 1 rings (SSSR count). The summed E-state index contributed by atoms with van der Waals surface area (Å²) in [4.78, 5) is 11.0. The molecule has 0 fully saturated rings. The van der Waals surface area contributed by atoms with Crippen LogP contribution in [0.15, 0.2) is 9.31 Å². The number of carboxylic acid groups (broad SMARTS) is 1. The predicted octanol–water partition coefficient (Wildman–Crippen LogP) is 1.38. The number of sulfonamides is 1. The van der Waals surface area contributed by atoms with E-state index in [1.807, 2.05) is 6.92 Å². The van der Waals surface area contributed by atoms with E-state index in [1.54, 1.807) is 0 Å². The van der Waals surface area contributed by atoms with Crippen LogP contribution in [-0.4, -0.2) is 48.6 Å². The molecule has 1 aromatic rings. The summed E-state index contributed by atoms with van der Waals surface area (Å²) in [5.41, 5.74) is -0.341. The van der Waals surface area contributed by atoms with Crippen molar-refractivity contribution < 1.29 is 27.8 Å². The standard InChI is InChI=1S/C13H21NO6S/c1-4-5-6-14(7-8-15)21(18,19)12-10(3)20-9(2)11(12)13(16)17/h15H,4-8H2,1-3H3,(H,16,17). The Morgan fingerprint density at radius 3 is 2.33 bits per heavy atom. The molecule has 0 aliphatic carbocycles. The first kappa shape index (κ1) is 17.7. The van der Waals surface area contributed by atoms with Crippen molar-refractivity contribution in [2.75, 3.05) is 19.7 Å². The number of nitrogens with zero attached hydrogens (tertiary/aromatic N) is 1. The van der Waals surface area contributed by atoms with Crippen molar-refractivity contribution in [3.8, 4) is 0 Å². The molecule has 0 unspecified atom stereocenters. The normalized spacial score (nSPS) is 12.0. The van der Waals surface area contributed by atoms with E-state index >= 15 is 0 Å². The Hall–Kier alpha value is -1.38. The third kappa shape index (κ3) is 3.63. The van der Waals surface area contributed by atoms with Crippen molar-refractivity contribution in [3.05, 3.63) is 17.1 Å². The highest BCUT2D eigenvalue weighted by atomic mass is 32.2. The minimum Gasteiger partial charge on any atom is -0.478 e. The van der Waals surface area contributed by atoms with E-state index in [4.69, 9.17) is 9.52 Å².